The molecule has 0 spiro atoms. The number of piperidine rings is 1. The Hall–Kier alpha value is -3.16. The quantitative estimate of drug-likeness (QED) is 0.815. The van der Waals surface area contributed by atoms with Crippen LogP contribution in [0.3, 0.4) is 0 Å². The molecule has 2 aliphatic rings. The number of amides is 2. The fraction of sp³-hybridized carbons (Fsp3) is 0.455. The number of rotatable bonds is 5. The predicted molar refractivity (Wildman–Crippen MR) is 114 cm³/mol. The highest BCUT2D eigenvalue weighted by molar-refractivity contribution is 6.02. The van der Waals surface area contributed by atoms with Crippen LogP contribution in [0.25, 0.3) is 0 Å². The van der Waals surface area contributed by atoms with E-state index in [1.165, 1.54) is 13.3 Å². The molecule has 1 fully saturated rings. The number of likely N-dealkylation sites (tertiary alicyclic amines) is 1. The van der Waals surface area contributed by atoms with E-state index in [1.54, 1.807) is 11.0 Å². The number of fused-ring (bicyclic) bond motifs is 1. The molecular weight excluding hydrogens is 382 g/mol. The maximum Gasteiger partial charge on any atom is 0.246 e. The highest BCUT2D eigenvalue weighted by atomic mass is 16.5. The Labute approximate surface area is 176 Å². The molecule has 8 heteroatoms. The van der Waals surface area contributed by atoms with Crippen LogP contribution >= 0.6 is 0 Å². The van der Waals surface area contributed by atoms with Crippen molar-refractivity contribution < 1.29 is 14.3 Å². The van der Waals surface area contributed by atoms with Crippen LogP contribution in [-0.2, 0) is 16.0 Å². The topological polar surface area (TPSA) is 87.7 Å². The van der Waals surface area contributed by atoms with Crippen molar-refractivity contribution in [1.29, 1.82) is 0 Å². The van der Waals surface area contributed by atoms with Crippen molar-refractivity contribution in [3.8, 4) is 5.88 Å². The maximum absolute atomic E-state index is 13.2. The van der Waals surface area contributed by atoms with Crippen LogP contribution in [0.5, 0.6) is 5.88 Å². The van der Waals surface area contributed by atoms with Crippen LogP contribution in [-0.4, -0.2) is 58.5 Å². The van der Waals surface area contributed by atoms with Crippen molar-refractivity contribution >= 4 is 23.3 Å². The van der Waals surface area contributed by atoms with Gasteiger partial charge in [-0.2, -0.15) is 0 Å². The number of anilines is 2. The summed E-state index contributed by atoms with van der Waals surface area (Å²) in [5.74, 6) is 1.21. The predicted octanol–water partition coefficient (Wildman–Crippen LogP) is 2.26. The number of hydrogen-bond acceptors (Lipinski definition) is 6. The lowest BCUT2D eigenvalue weighted by molar-refractivity contribution is -0.135. The van der Waals surface area contributed by atoms with Crippen molar-refractivity contribution in [3.05, 3.63) is 42.2 Å². The second kappa shape index (κ2) is 8.69. The molecule has 2 amide bonds. The molecule has 2 aromatic rings. The number of nitrogens with zero attached hydrogens (tertiary/aromatic N) is 4. The third-order valence-electron chi connectivity index (χ3n) is 5.69. The monoisotopic (exact) mass is 409 g/mol. The molecule has 1 N–H and O–H groups in total. The third-order valence-corrected chi connectivity index (χ3v) is 5.69. The van der Waals surface area contributed by atoms with E-state index in [1.807, 2.05) is 36.1 Å². The largest absolute Gasteiger partial charge is 0.478 e. The highest BCUT2D eigenvalue weighted by Crippen LogP contribution is 2.33. The standard InChI is InChI=1S/C22H27N5O3/c1-3-30-21-13-20(23-14-24-21)25-17-8-10-26(11-9-17)22(29)19-12-16-6-4-5-7-18(16)27(19)15(2)28/h4-7,13-14,17,19H,3,8-12H2,1-2H3,(H,23,24,25)/t19-/m0/s1. The van der Waals surface area contributed by atoms with E-state index in [-0.39, 0.29) is 17.9 Å². The number of para-hydroxylation sites is 1. The van der Waals surface area contributed by atoms with Crippen LogP contribution in [0.2, 0.25) is 0 Å². The molecule has 0 bridgehead atoms. The minimum Gasteiger partial charge on any atom is -0.478 e. The van der Waals surface area contributed by atoms with E-state index in [0.717, 1.165) is 29.9 Å². The van der Waals surface area contributed by atoms with Gasteiger partial charge in [0.15, 0.2) is 0 Å². The van der Waals surface area contributed by atoms with Crippen LogP contribution in [0.4, 0.5) is 11.5 Å². The molecule has 1 aromatic carbocycles. The summed E-state index contributed by atoms with van der Waals surface area (Å²) in [5, 5.41) is 3.42. The first-order valence-corrected chi connectivity index (χ1v) is 10.4. The van der Waals surface area contributed by atoms with E-state index in [4.69, 9.17) is 4.74 Å². The second-order valence-corrected chi connectivity index (χ2v) is 7.66. The van der Waals surface area contributed by atoms with Crippen LogP contribution in [0.1, 0.15) is 32.3 Å². The van der Waals surface area contributed by atoms with Gasteiger partial charge in [-0.25, -0.2) is 9.97 Å². The van der Waals surface area contributed by atoms with Crippen LogP contribution < -0.4 is 15.0 Å². The average molecular weight is 409 g/mol. The molecule has 2 aliphatic heterocycles. The summed E-state index contributed by atoms with van der Waals surface area (Å²) in [6.07, 6.45) is 3.70. The van der Waals surface area contributed by atoms with Crippen LogP contribution in [0.15, 0.2) is 36.7 Å². The molecule has 1 saturated heterocycles. The van der Waals surface area contributed by atoms with Crippen LogP contribution in [0, 0.1) is 0 Å². The van der Waals surface area contributed by atoms with Gasteiger partial charge in [0.25, 0.3) is 0 Å². The van der Waals surface area contributed by atoms with Gasteiger partial charge < -0.3 is 15.0 Å². The molecule has 8 nitrogen and oxygen atoms in total. The molecule has 3 heterocycles. The molecule has 1 atom stereocenters. The second-order valence-electron chi connectivity index (χ2n) is 7.66. The molecular formula is C22H27N5O3. The van der Waals surface area contributed by atoms with Crippen molar-refractivity contribution in [2.75, 3.05) is 29.9 Å². The van der Waals surface area contributed by atoms with E-state index in [9.17, 15) is 9.59 Å². The lowest BCUT2D eigenvalue weighted by atomic mass is 10.0. The zero-order valence-electron chi connectivity index (χ0n) is 17.4. The summed E-state index contributed by atoms with van der Waals surface area (Å²) in [6.45, 7) is 5.30. The van der Waals surface area contributed by atoms with Gasteiger partial charge in [0, 0.05) is 44.2 Å². The van der Waals surface area contributed by atoms with Gasteiger partial charge in [0.05, 0.1) is 6.61 Å². The van der Waals surface area contributed by atoms with E-state index >= 15 is 0 Å². The molecule has 30 heavy (non-hydrogen) atoms. The van der Waals surface area contributed by atoms with Gasteiger partial charge >= 0.3 is 0 Å². The molecule has 158 valence electrons. The summed E-state index contributed by atoms with van der Waals surface area (Å²) >= 11 is 0. The summed E-state index contributed by atoms with van der Waals surface area (Å²) in [7, 11) is 0. The molecule has 4 rings (SSSR count). The Kier molecular flexibility index (Phi) is 5.83. The van der Waals surface area contributed by atoms with Gasteiger partial charge in [-0.3, -0.25) is 14.5 Å². The molecule has 0 aliphatic carbocycles. The number of carbonyl (C=O) groups is 2. The lowest BCUT2D eigenvalue weighted by Gasteiger charge is -2.35. The summed E-state index contributed by atoms with van der Waals surface area (Å²) in [4.78, 5) is 37.4. The zero-order chi connectivity index (χ0) is 21.1. The molecule has 0 unspecified atom stereocenters. The number of carbonyl (C=O) groups excluding carboxylic acids is 2. The number of ether oxygens (including phenoxy) is 1. The van der Waals surface area contributed by atoms with Gasteiger partial charge in [-0.15, -0.1) is 0 Å². The van der Waals surface area contributed by atoms with Gasteiger partial charge in [0.2, 0.25) is 17.7 Å². The minimum absolute atomic E-state index is 0.0283. The first kappa shape index (κ1) is 20.1. The fourth-order valence-corrected chi connectivity index (χ4v) is 4.28. The molecule has 0 saturated carbocycles. The third kappa shape index (κ3) is 4.08. The Bertz CT molecular complexity index is 926. The fourth-order valence-electron chi connectivity index (χ4n) is 4.28. The molecule has 1 aromatic heterocycles. The smallest absolute Gasteiger partial charge is 0.246 e. The lowest BCUT2D eigenvalue weighted by Crippen LogP contribution is -2.52. The van der Waals surface area contributed by atoms with Crippen molar-refractivity contribution in [2.45, 2.75) is 45.2 Å². The summed E-state index contributed by atoms with van der Waals surface area (Å²) in [5.41, 5.74) is 1.91. The number of nitrogens with one attached hydrogen (secondary N) is 1. The highest BCUT2D eigenvalue weighted by Gasteiger charge is 2.39. The van der Waals surface area contributed by atoms with E-state index in [2.05, 4.69) is 15.3 Å². The van der Waals surface area contributed by atoms with Gasteiger partial charge in [-0.1, -0.05) is 18.2 Å². The van der Waals surface area contributed by atoms with Crippen molar-refractivity contribution in [1.82, 2.24) is 14.9 Å². The zero-order valence-corrected chi connectivity index (χ0v) is 17.4. The average Bonchev–Trinajstić information content (AvgIpc) is 3.14. The molecule has 0 radical (unpaired) electrons. The van der Waals surface area contributed by atoms with Crippen molar-refractivity contribution in [3.63, 3.8) is 0 Å². The normalized spacial score (nSPS) is 18.8. The van der Waals surface area contributed by atoms with Gasteiger partial charge in [-0.05, 0) is 31.4 Å². The first-order chi connectivity index (χ1) is 14.6. The van der Waals surface area contributed by atoms with Crippen molar-refractivity contribution in [2.24, 2.45) is 0 Å². The van der Waals surface area contributed by atoms with Gasteiger partial charge in [0.1, 0.15) is 18.2 Å². The first-order valence-electron chi connectivity index (χ1n) is 10.4. The summed E-state index contributed by atoms with van der Waals surface area (Å²) in [6, 6.07) is 9.34. The van der Waals surface area contributed by atoms with E-state index < -0.39 is 6.04 Å². The number of hydrogen-bond donors (Lipinski definition) is 1. The summed E-state index contributed by atoms with van der Waals surface area (Å²) < 4.78 is 5.42. The Morgan fingerprint density at radius 1 is 1.20 bits per heavy atom. The SMILES string of the molecule is CCOc1cc(NC2CCN(C(=O)[C@@H]3Cc4ccccc4N3C(C)=O)CC2)ncn1. The maximum atomic E-state index is 13.2. The minimum atomic E-state index is -0.444. The van der Waals surface area contributed by atoms with E-state index in [0.29, 0.717) is 32.0 Å². The Morgan fingerprint density at radius 3 is 2.70 bits per heavy atom. The number of aromatic nitrogens is 2. The number of benzene rings is 1. The Balaban J connectivity index is 1.37. The Morgan fingerprint density at radius 2 is 1.97 bits per heavy atom.